The van der Waals surface area contributed by atoms with Crippen molar-refractivity contribution in [2.75, 3.05) is 0 Å². The Morgan fingerprint density at radius 3 is 2.23 bits per heavy atom. The van der Waals surface area contributed by atoms with Crippen LogP contribution in [0.3, 0.4) is 0 Å². The van der Waals surface area contributed by atoms with Crippen molar-refractivity contribution in [3.8, 4) is 0 Å². The maximum Gasteiger partial charge on any atom is 0.311 e. The van der Waals surface area contributed by atoms with Crippen LogP contribution >= 0.6 is 0 Å². The first-order valence-corrected chi connectivity index (χ1v) is 4.30. The molecule has 0 aliphatic heterocycles. The van der Waals surface area contributed by atoms with E-state index in [0.29, 0.717) is 6.42 Å². The predicted octanol–water partition coefficient (Wildman–Crippen LogP) is 2.62. The number of esters is 1. The zero-order chi connectivity index (χ0) is 10.6. The van der Waals surface area contributed by atoms with Gasteiger partial charge in [0.2, 0.25) is 0 Å². The van der Waals surface area contributed by atoms with Gasteiger partial charge in [-0.05, 0) is 27.2 Å². The van der Waals surface area contributed by atoms with Crippen molar-refractivity contribution in [1.29, 1.82) is 0 Å². The van der Waals surface area contributed by atoms with Crippen LogP contribution < -0.4 is 0 Å². The van der Waals surface area contributed by atoms with Gasteiger partial charge in [-0.1, -0.05) is 6.92 Å². The van der Waals surface area contributed by atoms with Crippen molar-refractivity contribution in [1.82, 2.24) is 0 Å². The minimum absolute atomic E-state index is 0.567. The normalized spacial score (nSPS) is 14.4. The topological polar surface area (TPSA) is 26.3 Å². The molecule has 13 heavy (non-hydrogen) atoms. The number of carbonyl (C=O) groups is 1. The number of hydrogen-bond acceptors (Lipinski definition) is 2. The van der Waals surface area contributed by atoms with Crippen molar-refractivity contribution in [3.63, 3.8) is 0 Å². The number of alkyl halides is 2. The zero-order valence-corrected chi connectivity index (χ0v) is 8.43. The van der Waals surface area contributed by atoms with Crippen molar-refractivity contribution in [3.05, 3.63) is 0 Å². The summed E-state index contributed by atoms with van der Waals surface area (Å²) in [5.41, 5.74) is -0.677. The fraction of sp³-hybridized carbons (Fsp3) is 0.889. The SMILES string of the molecule is CCC(C)(C)C(=O)OC(C)C(F)F. The Bertz CT molecular complexity index is 178. The van der Waals surface area contributed by atoms with Crippen LogP contribution in [0, 0.1) is 5.41 Å². The fourth-order valence-electron chi connectivity index (χ4n) is 0.524. The van der Waals surface area contributed by atoms with E-state index in [4.69, 9.17) is 0 Å². The Labute approximate surface area is 77.3 Å². The first kappa shape index (κ1) is 12.3. The van der Waals surface area contributed by atoms with E-state index in [1.807, 2.05) is 6.92 Å². The van der Waals surface area contributed by atoms with E-state index in [0.717, 1.165) is 0 Å². The average molecular weight is 194 g/mol. The third-order valence-corrected chi connectivity index (χ3v) is 2.08. The Kier molecular flexibility index (Phi) is 4.30. The molecule has 0 N–H and O–H groups in total. The van der Waals surface area contributed by atoms with E-state index >= 15 is 0 Å². The molecule has 0 spiro atoms. The minimum atomic E-state index is -2.61. The predicted molar refractivity (Wildman–Crippen MR) is 45.6 cm³/mol. The van der Waals surface area contributed by atoms with Crippen molar-refractivity contribution in [2.45, 2.75) is 46.6 Å². The highest BCUT2D eigenvalue weighted by Gasteiger charge is 2.30. The summed E-state index contributed by atoms with van der Waals surface area (Å²) in [4.78, 5) is 11.3. The minimum Gasteiger partial charge on any atom is -0.456 e. The van der Waals surface area contributed by atoms with Crippen LogP contribution in [0.4, 0.5) is 8.78 Å². The van der Waals surface area contributed by atoms with Crippen molar-refractivity contribution < 1.29 is 18.3 Å². The van der Waals surface area contributed by atoms with Crippen LogP contribution in [0.2, 0.25) is 0 Å². The molecule has 0 saturated heterocycles. The Morgan fingerprint density at radius 2 is 1.92 bits per heavy atom. The second-order valence-corrected chi connectivity index (χ2v) is 3.68. The Morgan fingerprint density at radius 1 is 1.46 bits per heavy atom. The standard InChI is InChI=1S/C9H16F2O2/c1-5-9(3,4)8(12)13-6(2)7(10)11/h6-7H,5H2,1-4H3. The zero-order valence-electron chi connectivity index (χ0n) is 8.43. The summed E-state index contributed by atoms with van der Waals surface area (Å²) >= 11 is 0. The molecule has 0 aromatic heterocycles. The molecular formula is C9H16F2O2. The summed E-state index contributed by atoms with van der Waals surface area (Å²) in [6, 6.07) is 0. The molecule has 0 aliphatic rings. The Hall–Kier alpha value is -0.670. The van der Waals surface area contributed by atoms with Gasteiger partial charge in [-0.25, -0.2) is 8.78 Å². The molecule has 0 amide bonds. The lowest BCUT2D eigenvalue weighted by Gasteiger charge is -2.22. The molecule has 1 atom stereocenters. The average Bonchev–Trinajstić information content (AvgIpc) is 2.04. The van der Waals surface area contributed by atoms with Gasteiger partial charge in [-0.15, -0.1) is 0 Å². The van der Waals surface area contributed by atoms with Gasteiger partial charge >= 0.3 is 5.97 Å². The van der Waals surface area contributed by atoms with E-state index in [-0.39, 0.29) is 0 Å². The van der Waals surface area contributed by atoms with Gasteiger partial charge in [0.1, 0.15) is 0 Å². The number of carbonyl (C=O) groups excluding carboxylic acids is 1. The summed E-state index contributed by atoms with van der Waals surface area (Å²) in [5, 5.41) is 0. The van der Waals surface area contributed by atoms with Gasteiger partial charge in [-0.2, -0.15) is 0 Å². The van der Waals surface area contributed by atoms with Crippen LogP contribution in [-0.2, 0) is 9.53 Å². The van der Waals surface area contributed by atoms with Gasteiger partial charge in [-0.3, -0.25) is 4.79 Å². The third kappa shape index (κ3) is 3.70. The molecule has 0 heterocycles. The lowest BCUT2D eigenvalue weighted by atomic mass is 9.91. The van der Waals surface area contributed by atoms with E-state index in [9.17, 15) is 13.6 Å². The van der Waals surface area contributed by atoms with Crippen LogP contribution in [0.15, 0.2) is 0 Å². The highest BCUT2D eigenvalue weighted by Crippen LogP contribution is 2.23. The number of halogens is 2. The lowest BCUT2D eigenvalue weighted by Crippen LogP contribution is -2.31. The van der Waals surface area contributed by atoms with Gasteiger partial charge in [0.25, 0.3) is 6.43 Å². The van der Waals surface area contributed by atoms with E-state index in [1.165, 1.54) is 6.92 Å². The first-order valence-electron chi connectivity index (χ1n) is 4.30. The highest BCUT2D eigenvalue weighted by molar-refractivity contribution is 5.75. The van der Waals surface area contributed by atoms with Crippen LogP contribution in [0.5, 0.6) is 0 Å². The molecular weight excluding hydrogens is 178 g/mol. The second kappa shape index (κ2) is 4.53. The van der Waals surface area contributed by atoms with Crippen LogP contribution in [-0.4, -0.2) is 18.5 Å². The van der Waals surface area contributed by atoms with Crippen molar-refractivity contribution >= 4 is 5.97 Å². The van der Waals surface area contributed by atoms with Crippen LogP contribution in [0.1, 0.15) is 34.1 Å². The molecule has 4 heteroatoms. The summed E-state index contributed by atoms with van der Waals surface area (Å²) < 4.78 is 28.6. The quantitative estimate of drug-likeness (QED) is 0.643. The molecule has 78 valence electrons. The largest absolute Gasteiger partial charge is 0.456 e. The Balaban J connectivity index is 4.15. The molecule has 0 fully saturated rings. The highest BCUT2D eigenvalue weighted by atomic mass is 19.3. The van der Waals surface area contributed by atoms with E-state index in [2.05, 4.69) is 4.74 Å². The van der Waals surface area contributed by atoms with Gasteiger partial charge in [0.15, 0.2) is 6.10 Å². The summed E-state index contributed by atoms with van der Waals surface area (Å²) in [7, 11) is 0. The van der Waals surface area contributed by atoms with Gasteiger partial charge in [0, 0.05) is 0 Å². The maximum atomic E-state index is 12.0. The molecule has 0 bridgehead atoms. The summed E-state index contributed by atoms with van der Waals surface area (Å²) in [6.45, 7) is 6.35. The number of hydrogen-bond donors (Lipinski definition) is 0. The maximum absolute atomic E-state index is 12.0. The molecule has 0 radical (unpaired) electrons. The third-order valence-electron chi connectivity index (χ3n) is 2.08. The molecule has 0 aromatic rings. The first-order chi connectivity index (χ1) is 5.81. The second-order valence-electron chi connectivity index (χ2n) is 3.68. The smallest absolute Gasteiger partial charge is 0.311 e. The monoisotopic (exact) mass is 194 g/mol. The fourth-order valence-corrected chi connectivity index (χ4v) is 0.524. The number of rotatable bonds is 4. The molecule has 1 unspecified atom stereocenters. The summed E-state index contributed by atoms with van der Waals surface area (Å²) in [6.07, 6.45) is -3.36. The van der Waals surface area contributed by atoms with E-state index < -0.39 is 23.9 Å². The van der Waals surface area contributed by atoms with Crippen molar-refractivity contribution in [2.24, 2.45) is 5.41 Å². The molecule has 2 nitrogen and oxygen atoms in total. The van der Waals surface area contributed by atoms with Crippen LogP contribution in [0.25, 0.3) is 0 Å². The lowest BCUT2D eigenvalue weighted by molar-refractivity contribution is -0.166. The molecule has 0 rings (SSSR count). The van der Waals surface area contributed by atoms with Gasteiger partial charge in [0.05, 0.1) is 5.41 Å². The van der Waals surface area contributed by atoms with E-state index in [1.54, 1.807) is 13.8 Å². The number of ether oxygens (including phenoxy) is 1. The summed E-state index contributed by atoms with van der Waals surface area (Å²) in [5.74, 6) is -0.567. The molecule has 0 aliphatic carbocycles. The molecule has 0 saturated carbocycles. The molecule has 0 aromatic carbocycles. The van der Waals surface area contributed by atoms with Gasteiger partial charge < -0.3 is 4.74 Å².